The standard InChI is InChI=1S/C25H46O4/c1-19(2)10-7-11-20(3)12-8-13-21(4)14-9-15-22(5)18-23(6)29-25(28)17-16-24(26)27/h18-21,23H,7-17H2,1-6H3,(H,26,27)/b22-18+/t20-,21-,23?/m1/s1. The highest BCUT2D eigenvalue weighted by molar-refractivity contribution is 5.76. The average molecular weight is 411 g/mol. The summed E-state index contributed by atoms with van der Waals surface area (Å²) in [4.78, 5) is 22.0. The summed E-state index contributed by atoms with van der Waals surface area (Å²) in [6, 6.07) is 0. The minimum absolute atomic E-state index is 0.0690. The van der Waals surface area contributed by atoms with Crippen LogP contribution in [0.1, 0.15) is 112 Å². The molecule has 4 nitrogen and oxygen atoms in total. The van der Waals surface area contributed by atoms with Crippen LogP contribution in [-0.4, -0.2) is 23.1 Å². The van der Waals surface area contributed by atoms with Crippen molar-refractivity contribution in [2.45, 2.75) is 118 Å². The van der Waals surface area contributed by atoms with E-state index < -0.39 is 11.9 Å². The summed E-state index contributed by atoms with van der Waals surface area (Å²) in [5, 5.41) is 8.60. The monoisotopic (exact) mass is 410 g/mol. The number of esters is 1. The Kier molecular flexibility index (Phi) is 15.7. The molecular weight excluding hydrogens is 364 g/mol. The van der Waals surface area contributed by atoms with E-state index >= 15 is 0 Å². The fraction of sp³-hybridized carbons (Fsp3) is 0.840. The van der Waals surface area contributed by atoms with Crippen LogP contribution in [0.2, 0.25) is 0 Å². The molecule has 3 atom stereocenters. The van der Waals surface area contributed by atoms with Crippen LogP contribution in [0.5, 0.6) is 0 Å². The highest BCUT2D eigenvalue weighted by atomic mass is 16.5. The van der Waals surface area contributed by atoms with Gasteiger partial charge in [-0.2, -0.15) is 0 Å². The first kappa shape index (κ1) is 27.7. The van der Waals surface area contributed by atoms with Crippen LogP contribution >= 0.6 is 0 Å². The number of carbonyl (C=O) groups is 2. The molecule has 0 aromatic heterocycles. The van der Waals surface area contributed by atoms with E-state index in [9.17, 15) is 9.59 Å². The van der Waals surface area contributed by atoms with Gasteiger partial charge in [-0.25, -0.2) is 0 Å². The number of rotatable bonds is 17. The van der Waals surface area contributed by atoms with Crippen molar-refractivity contribution in [1.29, 1.82) is 0 Å². The molecule has 0 saturated heterocycles. The predicted octanol–water partition coefficient (Wildman–Crippen LogP) is 7.17. The van der Waals surface area contributed by atoms with Gasteiger partial charge in [0.25, 0.3) is 0 Å². The zero-order valence-corrected chi connectivity index (χ0v) is 19.8. The Morgan fingerprint density at radius 3 is 1.83 bits per heavy atom. The van der Waals surface area contributed by atoms with Crippen molar-refractivity contribution in [2.24, 2.45) is 17.8 Å². The second-order valence-electron chi connectivity index (χ2n) is 9.46. The van der Waals surface area contributed by atoms with Gasteiger partial charge in [0.15, 0.2) is 0 Å². The smallest absolute Gasteiger partial charge is 0.306 e. The Morgan fingerprint density at radius 1 is 0.793 bits per heavy atom. The minimum atomic E-state index is -0.976. The summed E-state index contributed by atoms with van der Waals surface area (Å²) < 4.78 is 5.24. The van der Waals surface area contributed by atoms with Crippen molar-refractivity contribution in [1.82, 2.24) is 0 Å². The van der Waals surface area contributed by atoms with Gasteiger partial charge in [0.2, 0.25) is 0 Å². The summed E-state index contributed by atoms with van der Waals surface area (Å²) in [7, 11) is 0. The molecule has 0 amide bonds. The van der Waals surface area contributed by atoms with E-state index in [1.807, 2.05) is 13.0 Å². The van der Waals surface area contributed by atoms with Gasteiger partial charge in [-0.3, -0.25) is 9.59 Å². The van der Waals surface area contributed by atoms with Crippen LogP contribution in [0.15, 0.2) is 11.6 Å². The normalized spacial score (nSPS) is 15.2. The molecule has 4 heteroatoms. The fourth-order valence-corrected chi connectivity index (χ4v) is 3.70. The first-order chi connectivity index (χ1) is 13.6. The first-order valence-corrected chi connectivity index (χ1v) is 11.7. The van der Waals surface area contributed by atoms with E-state index in [0.717, 1.165) is 30.6 Å². The molecule has 170 valence electrons. The molecule has 0 fully saturated rings. The molecule has 0 aliphatic heterocycles. The molecule has 0 aromatic carbocycles. The topological polar surface area (TPSA) is 63.6 Å². The van der Waals surface area contributed by atoms with Crippen LogP contribution in [0.4, 0.5) is 0 Å². The lowest BCUT2D eigenvalue weighted by molar-refractivity contribution is -0.149. The number of carboxylic acid groups (broad SMARTS) is 1. The maximum absolute atomic E-state index is 11.6. The fourth-order valence-electron chi connectivity index (χ4n) is 3.70. The van der Waals surface area contributed by atoms with Gasteiger partial charge in [-0.15, -0.1) is 0 Å². The zero-order chi connectivity index (χ0) is 22.2. The Morgan fingerprint density at radius 2 is 1.31 bits per heavy atom. The number of hydrogen-bond acceptors (Lipinski definition) is 3. The molecule has 0 spiro atoms. The Labute approximate surface area is 179 Å². The van der Waals surface area contributed by atoms with E-state index in [1.54, 1.807) is 0 Å². The van der Waals surface area contributed by atoms with Crippen LogP contribution < -0.4 is 0 Å². The molecule has 0 radical (unpaired) electrons. The quantitative estimate of drug-likeness (QED) is 0.204. The SMILES string of the molecule is C/C(=C\C(C)OC(=O)CCC(=O)O)CCC[C@H](C)CCC[C@H](C)CCCC(C)C. The lowest BCUT2D eigenvalue weighted by atomic mass is 9.91. The lowest BCUT2D eigenvalue weighted by Crippen LogP contribution is -2.14. The molecule has 0 rings (SSSR count). The average Bonchev–Trinajstić information content (AvgIpc) is 2.59. The van der Waals surface area contributed by atoms with E-state index in [2.05, 4.69) is 34.6 Å². The number of aliphatic carboxylic acids is 1. The molecule has 29 heavy (non-hydrogen) atoms. The molecule has 0 aliphatic carbocycles. The first-order valence-electron chi connectivity index (χ1n) is 11.7. The largest absolute Gasteiger partial charge is 0.481 e. The summed E-state index contributed by atoms with van der Waals surface area (Å²) in [5.41, 5.74) is 1.23. The third-order valence-electron chi connectivity index (χ3n) is 5.52. The maximum Gasteiger partial charge on any atom is 0.306 e. The van der Waals surface area contributed by atoms with Crippen molar-refractivity contribution in [3.8, 4) is 0 Å². The van der Waals surface area contributed by atoms with E-state index in [1.165, 1.54) is 50.5 Å². The molecule has 0 aliphatic rings. The molecule has 0 aromatic rings. The van der Waals surface area contributed by atoms with E-state index in [0.29, 0.717) is 0 Å². The van der Waals surface area contributed by atoms with Crippen LogP contribution in [-0.2, 0) is 14.3 Å². The lowest BCUT2D eigenvalue weighted by Gasteiger charge is -2.15. The van der Waals surface area contributed by atoms with Crippen molar-refractivity contribution >= 4 is 11.9 Å². The molecule has 0 saturated carbocycles. The van der Waals surface area contributed by atoms with Gasteiger partial charge in [0.1, 0.15) is 6.10 Å². The van der Waals surface area contributed by atoms with Crippen molar-refractivity contribution in [3.05, 3.63) is 11.6 Å². The van der Waals surface area contributed by atoms with Gasteiger partial charge in [-0.1, -0.05) is 78.2 Å². The predicted molar refractivity (Wildman–Crippen MR) is 121 cm³/mol. The second kappa shape index (κ2) is 16.5. The maximum atomic E-state index is 11.6. The third-order valence-corrected chi connectivity index (χ3v) is 5.52. The van der Waals surface area contributed by atoms with Gasteiger partial charge in [-0.05, 0) is 50.5 Å². The van der Waals surface area contributed by atoms with Crippen molar-refractivity contribution < 1.29 is 19.4 Å². The molecule has 0 bridgehead atoms. The zero-order valence-electron chi connectivity index (χ0n) is 19.8. The number of hydrogen-bond donors (Lipinski definition) is 1. The van der Waals surface area contributed by atoms with Gasteiger partial charge >= 0.3 is 11.9 Å². The highest BCUT2D eigenvalue weighted by Gasteiger charge is 2.10. The number of allylic oxidation sites excluding steroid dienone is 1. The van der Waals surface area contributed by atoms with Gasteiger partial charge in [0.05, 0.1) is 12.8 Å². The molecular formula is C25H46O4. The Bertz CT molecular complexity index is 481. The molecule has 0 heterocycles. The highest BCUT2D eigenvalue weighted by Crippen LogP contribution is 2.22. The number of ether oxygens (including phenoxy) is 1. The Hall–Kier alpha value is -1.32. The van der Waals surface area contributed by atoms with Crippen LogP contribution in [0.3, 0.4) is 0 Å². The van der Waals surface area contributed by atoms with Crippen molar-refractivity contribution in [3.63, 3.8) is 0 Å². The van der Waals surface area contributed by atoms with Crippen molar-refractivity contribution in [2.75, 3.05) is 0 Å². The summed E-state index contributed by atoms with van der Waals surface area (Å²) in [6.45, 7) is 13.3. The van der Waals surface area contributed by atoms with Gasteiger partial charge in [0, 0.05) is 0 Å². The Balaban J connectivity index is 3.87. The van der Waals surface area contributed by atoms with E-state index in [-0.39, 0.29) is 18.9 Å². The molecule has 1 N–H and O–H groups in total. The third kappa shape index (κ3) is 18.4. The summed E-state index contributed by atoms with van der Waals surface area (Å²) in [5.74, 6) is 1.02. The van der Waals surface area contributed by atoms with Crippen LogP contribution in [0.25, 0.3) is 0 Å². The summed E-state index contributed by atoms with van der Waals surface area (Å²) >= 11 is 0. The van der Waals surface area contributed by atoms with E-state index in [4.69, 9.17) is 9.84 Å². The summed E-state index contributed by atoms with van der Waals surface area (Å²) in [6.07, 6.45) is 12.9. The minimum Gasteiger partial charge on any atom is -0.481 e. The number of carboxylic acids is 1. The van der Waals surface area contributed by atoms with Gasteiger partial charge < -0.3 is 9.84 Å². The molecule has 1 unspecified atom stereocenters. The second-order valence-corrected chi connectivity index (χ2v) is 9.46. The van der Waals surface area contributed by atoms with Crippen LogP contribution in [0, 0.1) is 17.8 Å². The number of carbonyl (C=O) groups excluding carboxylic acids is 1.